The van der Waals surface area contributed by atoms with Gasteiger partial charge in [-0.3, -0.25) is 4.57 Å². The molecule has 0 saturated carbocycles. The summed E-state index contributed by atoms with van der Waals surface area (Å²) in [4.78, 5) is 26.2. The number of anilines is 1. The van der Waals surface area contributed by atoms with Gasteiger partial charge in [-0.2, -0.15) is 0 Å². The number of amides is 2. The maximum atomic E-state index is 12.7. The molecular formula is C20H21N3O4. The number of nitrogens with one attached hydrogen (secondary N) is 1. The number of carbonyl (C=O) groups is 1. The Labute approximate surface area is 156 Å². The second-order valence-electron chi connectivity index (χ2n) is 6.44. The van der Waals surface area contributed by atoms with Crippen LogP contribution in [0.3, 0.4) is 0 Å². The SMILES string of the molecule is CCn1c(=O)oc2cc(NC(=O)N3CCOC(c4ccccc4)C3)ccc21. The highest BCUT2D eigenvalue weighted by molar-refractivity contribution is 5.91. The van der Waals surface area contributed by atoms with Crippen molar-refractivity contribution < 1.29 is 13.9 Å². The van der Waals surface area contributed by atoms with Gasteiger partial charge in [0.05, 0.1) is 18.7 Å². The highest BCUT2D eigenvalue weighted by Gasteiger charge is 2.25. The van der Waals surface area contributed by atoms with Crippen LogP contribution in [0.1, 0.15) is 18.6 Å². The summed E-state index contributed by atoms with van der Waals surface area (Å²) in [6.07, 6.45) is -0.134. The minimum atomic E-state index is -0.394. The number of urea groups is 1. The molecule has 2 amide bonds. The predicted molar refractivity (Wildman–Crippen MR) is 102 cm³/mol. The number of rotatable bonds is 3. The van der Waals surface area contributed by atoms with Crippen molar-refractivity contribution in [2.24, 2.45) is 0 Å². The fourth-order valence-corrected chi connectivity index (χ4v) is 3.35. The number of benzene rings is 2. The lowest BCUT2D eigenvalue weighted by atomic mass is 10.1. The molecule has 2 aromatic carbocycles. The van der Waals surface area contributed by atoms with Crippen molar-refractivity contribution in [2.75, 3.05) is 25.0 Å². The molecule has 1 fully saturated rings. The van der Waals surface area contributed by atoms with Crippen LogP contribution in [0.25, 0.3) is 11.1 Å². The Bertz CT molecular complexity index is 1010. The van der Waals surface area contributed by atoms with E-state index in [-0.39, 0.29) is 12.1 Å². The van der Waals surface area contributed by atoms with Crippen molar-refractivity contribution in [3.8, 4) is 0 Å². The monoisotopic (exact) mass is 367 g/mol. The molecule has 2 heterocycles. The Hall–Kier alpha value is -3.06. The van der Waals surface area contributed by atoms with Gasteiger partial charge in [-0.25, -0.2) is 9.59 Å². The molecule has 1 unspecified atom stereocenters. The van der Waals surface area contributed by atoms with Gasteiger partial charge < -0.3 is 19.4 Å². The lowest BCUT2D eigenvalue weighted by Gasteiger charge is -2.33. The van der Waals surface area contributed by atoms with E-state index in [1.807, 2.05) is 37.3 Å². The van der Waals surface area contributed by atoms with E-state index < -0.39 is 5.76 Å². The quantitative estimate of drug-likeness (QED) is 0.771. The number of ether oxygens (including phenoxy) is 1. The summed E-state index contributed by atoms with van der Waals surface area (Å²) >= 11 is 0. The van der Waals surface area contributed by atoms with Gasteiger partial charge in [0.15, 0.2) is 5.58 Å². The van der Waals surface area contributed by atoms with E-state index in [1.54, 1.807) is 27.7 Å². The van der Waals surface area contributed by atoms with Gasteiger partial charge in [0.25, 0.3) is 0 Å². The van der Waals surface area contributed by atoms with Crippen LogP contribution < -0.4 is 11.1 Å². The minimum Gasteiger partial charge on any atom is -0.408 e. The topological polar surface area (TPSA) is 76.7 Å². The number of aromatic nitrogens is 1. The number of hydrogen-bond acceptors (Lipinski definition) is 4. The van der Waals surface area contributed by atoms with Crippen LogP contribution in [0.2, 0.25) is 0 Å². The Kier molecular flexibility index (Phi) is 4.68. The molecular weight excluding hydrogens is 346 g/mol. The van der Waals surface area contributed by atoms with Crippen molar-refractivity contribution in [2.45, 2.75) is 19.6 Å². The third kappa shape index (κ3) is 3.46. The van der Waals surface area contributed by atoms with Crippen molar-refractivity contribution >= 4 is 22.8 Å². The zero-order chi connectivity index (χ0) is 18.8. The first-order valence-electron chi connectivity index (χ1n) is 9.01. The average molecular weight is 367 g/mol. The van der Waals surface area contributed by atoms with Crippen LogP contribution in [0.15, 0.2) is 57.7 Å². The molecule has 0 aliphatic carbocycles. The Morgan fingerprint density at radius 1 is 1.22 bits per heavy atom. The fraction of sp³-hybridized carbons (Fsp3) is 0.300. The molecule has 1 N–H and O–H groups in total. The van der Waals surface area contributed by atoms with Gasteiger partial charge in [-0.15, -0.1) is 0 Å². The van der Waals surface area contributed by atoms with Gasteiger partial charge in [0.1, 0.15) is 6.10 Å². The lowest BCUT2D eigenvalue weighted by Crippen LogP contribution is -2.44. The van der Waals surface area contributed by atoms with Crippen LogP contribution in [0, 0.1) is 0 Å². The molecule has 1 atom stereocenters. The molecule has 27 heavy (non-hydrogen) atoms. The number of aryl methyl sites for hydroxylation is 1. The molecule has 3 aromatic rings. The van der Waals surface area contributed by atoms with Crippen LogP contribution in [0.4, 0.5) is 10.5 Å². The number of hydrogen-bond donors (Lipinski definition) is 1. The molecule has 0 radical (unpaired) electrons. The second-order valence-corrected chi connectivity index (χ2v) is 6.44. The Morgan fingerprint density at radius 3 is 2.81 bits per heavy atom. The molecule has 140 valence electrons. The van der Waals surface area contributed by atoms with Crippen molar-refractivity contribution in [3.05, 3.63) is 64.6 Å². The molecule has 1 saturated heterocycles. The molecule has 0 bridgehead atoms. The standard InChI is InChI=1S/C20H21N3O4/c1-2-23-16-9-8-15(12-17(16)27-20(23)25)21-19(24)22-10-11-26-18(13-22)14-6-4-3-5-7-14/h3-9,12,18H,2,10-11,13H2,1H3,(H,21,24). The number of oxazole rings is 1. The Balaban J connectivity index is 1.48. The molecule has 4 rings (SSSR count). The predicted octanol–water partition coefficient (Wildman–Crippen LogP) is 3.22. The number of morpholine rings is 1. The van der Waals surface area contributed by atoms with E-state index in [0.29, 0.717) is 37.5 Å². The molecule has 1 aromatic heterocycles. The number of carbonyl (C=O) groups excluding carboxylic acids is 1. The van der Waals surface area contributed by atoms with Gasteiger partial charge >= 0.3 is 11.8 Å². The zero-order valence-corrected chi connectivity index (χ0v) is 15.1. The van der Waals surface area contributed by atoms with Crippen LogP contribution in [-0.2, 0) is 11.3 Å². The third-order valence-electron chi connectivity index (χ3n) is 4.76. The van der Waals surface area contributed by atoms with Crippen LogP contribution >= 0.6 is 0 Å². The first-order valence-corrected chi connectivity index (χ1v) is 9.01. The maximum Gasteiger partial charge on any atom is 0.419 e. The molecule has 1 aliphatic heterocycles. The van der Waals surface area contributed by atoms with E-state index >= 15 is 0 Å². The molecule has 0 spiro atoms. The molecule has 1 aliphatic rings. The van der Waals surface area contributed by atoms with E-state index in [1.165, 1.54) is 0 Å². The van der Waals surface area contributed by atoms with Crippen molar-refractivity contribution in [1.29, 1.82) is 0 Å². The lowest BCUT2D eigenvalue weighted by molar-refractivity contribution is -0.0135. The van der Waals surface area contributed by atoms with Crippen molar-refractivity contribution in [3.63, 3.8) is 0 Å². The number of nitrogens with zero attached hydrogens (tertiary/aromatic N) is 2. The molecule has 7 nitrogen and oxygen atoms in total. The van der Waals surface area contributed by atoms with Gasteiger partial charge in [-0.1, -0.05) is 30.3 Å². The highest BCUT2D eigenvalue weighted by atomic mass is 16.5. The first kappa shape index (κ1) is 17.4. The second kappa shape index (κ2) is 7.28. The summed E-state index contributed by atoms with van der Waals surface area (Å²) in [6, 6.07) is 14.9. The van der Waals surface area contributed by atoms with E-state index in [9.17, 15) is 9.59 Å². The minimum absolute atomic E-state index is 0.134. The fourth-order valence-electron chi connectivity index (χ4n) is 3.35. The smallest absolute Gasteiger partial charge is 0.408 e. The van der Waals surface area contributed by atoms with E-state index in [0.717, 1.165) is 11.1 Å². The summed E-state index contributed by atoms with van der Waals surface area (Å²) in [6.45, 7) is 3.91. The summed E-state index contributed by atoms with van der Waals surface area (Å²) in [5.41, 5.74) is 2.83. The third-order valence-corrected chi connectivity index (χ3v) is 4.76. The van der Waals surface area contributed by atoms with Gasteiger partial charge in [0, 0.05) is 24.8 Å². The zero-order valence-electron chi connectivity index (χ0n) is 15.1. The summed E-state index contributed by atoms with van der Waals surface area (Å²) in [7, 11) is 0. The summed E-state index contributed by atoms with van der Waals surface area (Å²) < 4.78 is 12.6. The van der Waals surface area contributed by atoms with Crippen molar-refractivity contribution in [1.82, 2.24) is 9.47 Å². The highest BCUT2D eigenvalue weighted by Crippen LogP contribution is 2.23. The first-order chi connectivity index (χ1) is 13.2. The van der Waals surface area contributed by atoms with Gasteiger partial charge in [-0.05, 0) is 24.6 Å². The van der Waals surface area contributed by atoms with Gasteiger partial charge in [0.2, 0.25) is 0 Å². The number of fused-ring (bicyclic) bond motifs is 1. The largest absolute Gasteiger partial charge is 0.419 e. The normalized spacial score (nSPS) is 17.2. The molecule has 7 heteroatoms. The van der Waals surface area contributed by atoms with E-state index in [4.69, 9.17) is 9.15 Å². The van der Waals surface area contributed by atoms with E-state index in [2.05, 4.69) is 5.32 Å². The summed E-state index contributed by atoms with van der Waals surface area (Å²) in [5.74, 6) is -0.394. The average Bonchev–Trinajstić information content (AvgIpc) is 3.02. The summed E-state index contributed by atoms with van der Waals surface area (Å²) in [5, 5.41) is 2.88. The maximum absolute atomic E-state index is 12.7. The Morgan fingerprint density at radius 2 is 2.04 bits per heavy atom. The van der Waals surface area contributed by atoms with Crippen LogP contribution in [0.5, 0.6) is 0 Å². The van der Waals surface area contributed by atoms with Crippen LogP contribution in [-0.4, -0.2) is 35.2 Å².